The number of carbonyl (C=O) groups is 1. The number of fused-ring (bicyclic) bond motifs is 1. The molecule has 0 unspecified atom stereocenters. The Morgan fingerprint density at radius 1 is 1.22 bits per heavy atom. The van der Waals surface area contributed by atoms with E-state index in [4.69, 9.17) is 15.1 Å². The normalized spacial score (nSPS) is 11.5. The highest BCUT2D eigenvalue weighted by molar-refractivity contribution is 8.13. The Bertz CT molecular complexity index is 932. The average Bonchev–Trinajstić information content (AvgIpc) is 2.96. The van der Waals surface area contributed by atoms with Crippen LogP contribution in [0, 0.1) is 0 Å². The first-order chi connectivity index (χ1) is 10.9. The van der Waals surface area contributed by atoms with E-state index >= 15 is 0 Å². The fourth-order valence-corrected chi connectivity index (χ4v) is 2.81. The maximum Gasteiger partial charge on any atom is 0.287 e. The van der Waals surface area contributed by atoms with Crippen LogP contribution in [0.4, 0.5) is 0 Å². The monoisotopic (exact) mass is 350 g/mol. The molecular weight excluding hydrogens is 340 g/mol. The zero-order chi connectivity index (χ0) is 16.4. The summed E-state index contributed by atoms with van der Waals surface area (Å²) in [5, 5.41) is 3.49. The highest BCUT2D eigenvalue weighted by atomic mass is 35.7. The average molecular weight is 351 g/mol. The van der Waals surface area contributed by atoms with Gasteiger partial charge in [0.1, 0.15) is 0 Å². The number of aromatic nitrogens is 1. The van der Waals surface area contributed by atoms with Crippen molar-refractivity contribution in [3.05, 3.63) is 60.1 Å². The van der Waals surface area contributed by atoms with E-state index in [0.717, 1.165) is 10.9 Å². The molecule has 0 radical (unpaired) electrons. The van der Waals surface area contributed by atoms with Crippen LogP contribution in [-0.2, 0) is 15.6 Å². The number of benzene rings is 1. The maximum atomic E-state index is 12.1. The van der Waals surface area contributed by atoms with Gasteiger partial charge in [-0.05, 0) is 29.8 Å². The van der Waals surface area contributed by atoms with Crippen molar-refractivity contribution in [3.8, 4) is 0 Å². The van der Waals surface area contributed by atoms with Crippen LogP contribution in [-0.4, -0.2) is 19.3 Å². The molecule has 118 valence electrons. The fraction of sp³-hybridized carbons (Fsp3) is 0.0667. The molecule has 8 heteroatoms. The molecule has 0 bridgehead atoms. The summed E-state index contributed by atoms with van der Waals surface area (Å²) in [6.07, 6.45) is 3.16. The minimum absolute atomic E-state index is 0.0130. The molecule has 1 N–H and O–H groups in total. The first-order valence-electron chi connectivity index (χ1n) is 6.59. The molecule has 0 fully saturated rings. The fourth-order valence-electron chi connectivity index (χ4n) is 2.04. The lowest BCUT2D eigenvalue weighted by Gasteiger charge is -2.04. The second-order valence-electron chi connectivity index (χ2n) is 4.79. The lowest BCUT2D eigenvalue weighted by atomic mass is 10.2. The van der Waals surface area contributed by atoms with E-state index in [1.165, 1.54) is 18.3 Å². The third-order valence-corrected chi connectivity index (χ3v) is 4.57. The number of rotatable bonds is 4. The van der Waals surface area contributed by atoms with Crippen LogP contribution >= 0.6 is 10.7 Å². The highest BCUT2D eigenvalue weighted by Gasteiger charge is 2.13. The Labute approximate surface area is 136 Å². The van der Waals surface area contributed by atoms with Crippen LogP contribution in [0.1, 0.15) is 16.1 Å². The third kappa shape index (κ3) is 3.52. The molecule has 2 heterocycles. The summed E-state index contributed by atoms with van der Waals surface area (Å²) in [5.41, 5.74) is 1.27. The third-order valence-electron chi connectivity index (χ3n) is 3.20. The predicted octanol–water partition coefficient (Wildman–Crippen LogP) is 2.69. The quantitative estimate of drug-likeness (QED) is 0.731. The van der Waals surface area contributed by atoms with Crippen molar-refractivity contribution in [1.82, 2.24) is 10.3 Å². The van der Waals surface area contributed by atoms with Crippen LogP contribution in [0.3, 0.4) is 0 Å². The van der Waals surface area contributed by atoms with E-state index in [1.54, 1.807) is 30.5 Å². The number of pyridine rings is 1. The van der Waals surface area contributed by atoms with Gasteiger partial charge in [-0.15, -0.1) is 0 Å². The largest absolute Gasteiger partial charge is 0.449 e. The Balaban J connectivity index is 1.69. The minimum Gasteiger partial charge on any atom is -0.449 e. The summed E-state index contributed by atoms with van der Waals surface area (Å²) in [6.45, 7) is 0.233. The van der Waals surface area contributed by atoms with Crippen molar-refractivity contribution < 1.29 is 17.6 Å². The van der Waals surface area contributed by atoms with Gasteiger partial charge in [0, 0.05) is 28.8 Å². The molecule has 2 aromatic heterocycles. The number of nitrogens with one attached hydrogen (secondary N) is 1. The number of halogens is 1. The molecule has 0 spiro atoms. The number of amides is 1. The molecular formula is C15H11ClN2O4S. The van der Waals surface area contributed by atoms with Crippen molar-refractivity contribution in [3.63, 3.8) is 0 Å². The number of furan rings is 1. The van der Waals surface area contributed by atoms with Crippen LogP contribution in [0.25, 0.3) is 11.0 Å². The molecule has 1 aromatic carbocycles. The molecule has 1 amide bonds. The van der Waals surface area contributed by atoms with Gasteiger partial charge in [-0.1, -0.05) is 12.1 Å². The van der Waals surface area contributed by atoms with Crippen LogP contribution < -0.4 is 5.32 Å². The molecule has 0 aliphatic carbocycles. The molecule has 3 rings (SSSR count). The van der Waals surface area contributed by atoms with Gasteiger partial charge in [0.05, 0.1) is 11.1 Å². The molecule has 6 nitrogen and oxygen atoms in total. The molecule has 23 heavy (non-hydrogen) atoms. The SMILES string of the molecule is O=C(NCc1ccc(S(=O)(=O)Cl)cc1)c1cc2ccncc2o1. The number of nitrogens with zero attached hydrogens (tertiary/aromatic N) is 1. The van der Waals surface area contributed by atoms with E-state index in [0.29, 0.717) is 5.58 Å². The summed E-state index contributed by atoms with van der Waals surface area (Å²) in [5.74, 6) is -0.178. The zero-order valence-corrected chi connectivity index (χ0v) is 13.3. The molecule has 0 saturated heterocycles. The second-order valence-corrected chi connectivity index (χ2v) is 7.35. The van der Waals surface area contributed by atoms with Crippen molar-refractivity contribution >= 4 is 36.6 Å². The van der Waals surface area contributed by atoms with Crippen LogP contribution in [0.2, 0.25) is 0 Å². The van der Waals surface area contributed by atoms with Crippen LogP contribution in [0.15, 0.2) is 58.1 Å². The van der Waals surface area contributed by atoms with Gasteiger partial charge in [0.25, 0.3) is 15.0 Å². The Kier molecular flexibility index (Phi) is 4.06. The molecule has 0 saturated carbocycles. The molecule has 3 aromatic rings. The zero-order valence-electron chi connectivity index (χ0n) is 11.7. The van der Waals surface area contributed by atoms with E-state index in [1.807, 2.05) is 0 Å². The van der Waals surface area contributed by atoms with Crippen LogP contribution in [0.5, 0.6) is 0 Å². The molecule has 0 atom stereocenters. The van der Waals surface area contributed by atoms with Crippen molar-refractivity contribution in [2.75, 3.05) is 0 Å². The summed E-state index contributed by atoms with van der Waals surface area (Å²) in [7, 11) is 1.50. The summed E-state index contributed by atoms with van der Waals surface area (Å²) in [4.78, 5) is 16.0. The number of hydrogen-bond donors (Lipinski definition) is 1. The van der Waals surface area contributed by atoms with E-state index in [2.05, 4.69) is 10.3 Å². The topological polar surface area (TPSA) is 89.3 Å². The second kappa shape index (κ2) is 6.02. The van der Waals surface area contributed by atoms with E-state index in [-0.39, 0.29) is 23.1 Å². The number of carbonyl (C=O) groups excluding carboxylic acids is 1. The summed E-state index contributed by atoms with van der Waals surface area (Å²) in [6, 6.07) is 9.32. The summed E-state index contributed by atoms with van der Waals surface area (Å²) < 4.78 is 27.7. The highest BCUT2D eigenvalue weighted by Crippen LogP contribution is 2.18. The van der Waals surface area contributed by atoms with Gasteiger partial charge in [-0.25, -0.2) is 8.42 Å². The molecule has 0 aliphatic heterocycles. The maximum absolute atomic E-state index is 12.1. The number of hydrogen-bond acceptors (Lipinski definition) is 5. The van der Waals surface area contributed by atoms with E-state index < -0.39 is 9.05 Å². The smallest absolute Gasteiger partial charge is 0.287 e. The van der Waals surface area contributed by atoms with Crippen molar-refractivity contribution in [2.24, 2.45) is 0 Å². The standard InChI is InChI=1S/C15H11ClN2O4S/c16-23(20,21)12-3-1-10(2-4-12)8-18-15(19)13-7-11-5-6-17-9-14(11)22-13/h1-7,9H,8H2,(H,18,19). The van der Waals surface area contributed by atoms with Gasteiger partial charge in [0.2, 0.25) is 0 Å². The van der Waals surface area contributed by atoms with E-state index in [9.17, 15) is 13.2 Å². The Morgan fingerprint density at radius 2 is 1.96 bits per heavy atom. The lowest BCUT2D eigenvalue weighted by molar-refractivity contribution is 0.0925. The van der Waals surface area contributed by atoms with Gasteiger partial charge in [-0.3, -0.25) is 9.78 Å². The van der Waals surface area contributed by atoms with Gasteiger partial charge in [-0.2, -0.15) is 0 Å². The molecule has 0 aliphatic rings. The van der Waals surface area contributed by atoms with Gasteiger partial charge < -0.3 is 9.73 Å². The predicted molar refractivity (Wildman–Crippen MR) is 84.7 cm³/mol. The first kappa shape index (κ1) is 15.5. The van der Waals surface area contributed by atoms with Gasteiger partial charge in [0.15, 0.2) is 11.3 Å². The Morgan fingerprint density at radius 3 is 2.61 bits per heavy atom. The van der Waals surface area contributed by atoms with Crippen molar-refractivity contribution in [2.45, 2.75) is 11.4 Å². The lowest BCUT2D eigenvalue weighted by Crippen LogP contribution is -2.22. The minimum atomic E-state index is -3.74. The van der Waals surface area contributed by atoms with Gasteiger partial charge >= 0.3 is 0 Å². The van der Waals surface area contributed by atoms with Crippen molar-refractivity contribution in [1.29, 1.82) is 0 Å². The summed E-state index contributed by atoms with van der Waals surface area (Å²) >= 11 is 0. The Hall–Kier alpha value is -2.38. The first-order valence-corrected chi connectivity index (χ1v) is 8.90.